The van der Waals surface area contributed by atoms with Crippen LogP contribution in [0.4, 0.5) is 5.69 Å². The normalized spacial score (nSPS) is 9.56. The van der Waals surface area contributed by atoms with Crippen LogP contribution in [-0.2, 0) is 0 Å². The molecule has 0 atom stereocenters. The number of nitrogens with one attached hydrogen (secondary N) is 1. The number of aromatic carboxylic acids is 1. The number of benzene rings is 1. The van der Waals surface area contributed by atoms with Gasteiger partial charge in [0, 0.05) is 6.07 Å². The minimum Gasteiger partial charge on any atom is -0.545 e. The van der Waals surface area contributed by atoms with E-state index in [0.717, 1.165) is 30.2 Å². The molecule has 0 saturated carbocycles. The summed E-state index contributed by atoms with van der Waals surface area (Å²) in [6, 6.07) is 5.04. The van der Waals surface area contributed by atoms with Gasteiger partial charge in [-0.25, -0.2) is 0 Å². The van der Waals surface area contributed by atoms with E-state index >= 15 is 0 Å². The van der Waals surface area contributed by atoms with Crippen LogP contribution in [-0.4, -0.2) is 24.0 Å². The van der Waals surface area contributed by atoms with Crippen LogP contribution in [0.25, 0.3) is 0 Å². The summed E-state index contributed by atoms with van der Waals surface area (Å²) in [6.45, 7) is 6.19. The summed E-state index contributed by atoms with van der Waals surface area (Å²) in [5, 5.41) is 21.6. The van der Waals surface area contributed by atoms with Gasteiger partial charge in [0.25, 0.3) is 5.69 Å². The Labute approximate surface area is 105 Å². The molecule has 0 aliphatic heterocycles. The molecular weight excluding hydrogens is 238 g/mol. The predicted molar refractivity (Wildman–Crippen MR) is 63.7 cm³/mol. The van der Waals surface area contributed by atoms with Gasteiger partial charge in [0.1, 0.15) is 0 Å². The Bertz CT molecular complexity index is 372. The highest BCUT2D eigenvalue weighted by Crippen LogP contribution is 2.15. The van der Waals surface area contributed by atoms with Gasteiger partial charge >= 0.3 is 0 Å². The molecule has 0 heterocycles. The summed E-state index contributed by atoms with van der Waals surface area (Å²) in [6.07, 6.45) is 0. The molecule has 0 aliphatic rings. The molecular formula is C11H17N3O4. The first-order valence-corrected chi connectivity index (χ1v) is 5.48. The minimum atomic E-state index is -1.54. The Kier molecular flexibility index (Phi) is 7.25. The van der Waals surface area contributed by atoms with Crippen LogP contribution in [0.3, 0.4) is 0 Å². The molecule has 1 aromatic carbocycles. The van der Waals surface area contributed by atoms with Crippen molar-refractivity contribution in [2.24, 2.45) is 5.84 Å². The number of rotatable bonds is 4. The second kappa shape index (κ2) is 8.15. The summed E-state index contributed by atoms with van der Waals surface area (Å²) in [4.78, 5) is 19.8. The van der Waals surface area contributed by atoms with Crippen molar-refractivity contribution in [1.82, 2.24) is 0 Å². The molecule has 1 rings (SSSR count). The zero-order valence-corrected chi connectivity index (χ0v) is 10.4. The zero-order valence-electron chi connectivity index (χ0n) is 10.4. The topological polar surface area (TPSA) is 114 Å². The monoisotopic (exact) mass is 255 g/mol. The van der Waals surface area contributed by atoms with E-state index in [1.165, 1.54) is 12.1 Å². The Morgan fingerprint density at radius 1 is 1.33 bits per heavy atom. The number of para-hydroxylation sites is 1. The third kappa shape index (κ3) is 5.37. The first-order chi connectivity index (χ1) is 8.43. The smallest absolute Gasteiger partial charge is 0.278 e. The highest BCUT2D eigenvalue weighted by atomic mass is 16.6. The number of quaternary nitrogens is 1. The molecule has 0 unspecified atom stereocenters. The number of hydrogen-bond donors (Lipinski definition) is 2. The SMILES string of the molecule is CC[NH+](N)CC.O=C([O-])c1ccccc1[N+](=O)[O-]. The summed E-state index contributed by atoms with van der Waals surface area (Å²) >= 11 is 0. The van der Waals surface area contributed by atoms with Gasteiger partial charge in [0.05, 0.1) is 29.5 Å². The fourth-order valence-electron chi connectivity index (χ4n) is 1.06. The number of nitrogens with two attached hydrogens (primary N) is 1. The molecule has 0 bridgehead atoms. The van der Waals surface area contributed by atoms with E-state index in [1.54, 1.807) is 0 Å². The minimum absolute atomic E-state index is 0.400. The number of carbonyl (C=O) groups is 1. The average Bonchev–Trinajstić information content (AvgIpc) is 2.38. The molecule has 0 saturated heterocycles. The lowest BCUT2D eigenvalue weighted by molar-refractivity contribution is -0.908. The first-order valence-electron chi connectivity index (χ1n) is 5.48. The predicted octanol–water partition coefficient (Wildman–Crippen LogP) is -1.26. The summed E-state index contributed by atoms with van der Waals surface area (Å²) in [7, 11) is 0. The zero-order chi connectivity index (χ0) is 14.1. The quantitative estimate of drug-likeness (QED) is 0.396. The van der Waals surface area contributed by atoms with Crippen molar-refractivity contribution >= 4 is 11.7 Å². The molecule has 0 aliphatic carbocycles. The molecule has 3 N–H and O–H groups in total. The summed E-state index contributed by atoms with van der Waals surface area (Å²) in [5.41, 5.74) is -0.847. The second-order valence-electron chi connectivity index (χ2n) is 3.43. The summed E-state index contributed by atoms with van der Waals surface area (Å²) < 4.78 is 0. The molecule has 0 amide bonds. The maximum absolute atomic E-state index is 10.3. The van der Waals surface area contributed by atoms with Gasteiger partial charge in [-0.15, -0.1) is 0 Å². The molecule has 18 heavy (non-hydrogen) atoms. The van der Waals surface area contributed by atoms with E-state index in [9.17, 15) is 20.0 Å². The average molecular weight is 255 g/mol. The van der Waals surface area contributed by atoms with Crippen LogP contribution in [0, 0.1) is 10.1 Å². The Morgan fingerprint density at radius 2 is 1.83 bits per heavy atom. The third-order valence-electron chi connectivity index (χ3n) is 2.23. The van der Waals surface area contributed by atoms with Crippen LogP contribution in [0.15, 0.2) is 24.3 Å². The van der Waals surface area contributed by atoms with Gasteiger partial charge in [0.15, 0.2) is 0 Å². The standard InChI is InChI=1S/C7H5NO4.C4H12N2/c9-7(10)5-3-1-2-4-6(5)8(11)12;1-3-6(5)4-2/h1-4H,(H,9,10);3-5H2,1-2H3. The van der Waals surface area contributed by atoms with E-state index in [-0.39, 0.29) is 0 Å². The third-order valence-corrected chi connectivity index (χ3v) is 2.23. The second-order valence-corrected chi connectivity index (χ2v) is 3.43. The van der Waals surface area contributed by atoms with Gasteiger partial charge in [0.2, 0.25) is 0 Å². The van der Waals surface area contributed by atoms with Crippen molar-refractivity contribution in [2.75, 3.05) is 13.1 Å². The molecule has 7 nitrogen and oxygen atoms in total. The lowest BCUT2D eigenvalue weighted by atomic mass is 10.2. The number of carboxylic acid groups (broad SMARTS) is 1. The molecule has 1 aromatic rings. The molecule has 0 fully saturated rings. The number of carboxylic acids is 1. The number of nitrogens with zero attached hydrogens (tertiary/aromatic N) is 1. The summed E-state index contributed by atoms with van der Waals surface area (Å²) in [5.74, 6) is 3.85. The van der Waals surface area contributed by atoms with Crippen LogP contribution >= 0.6 is 0 Å². The van der Waals surface area contributed by atoms with Gasteiger partial charge in [-0.2, -0.15) is 5.84 Å². The highest BCUT2D eigenvalue weighted by molar-refractivity contribution is 5.90. The van der Waals surface area contributed by atoms with Gasteiger partial charge in [-0.1, -0.05) is 12.1 Å². The largest absolute Gasteiger partial charge is 0.545 e. The van der Waals surface area contributed by atoms with Crippen molar-refractivity contribution in [2.45, 2.75) is 13.8 Å². The van der Waals surface area contributed by atoms with Crippen LogP contribution in [0.2, 0.25) is 0 Å². The van der Waals surface area contributed by atoms with Crippen LogP contribution < -0.4 is 16.0 Å². The number of nitro benzene ring substituents is 1. The van der Waals surface area contributed by atoms with E-state index in [2.05, 4.69) is 13.8 Å². The van der Waals surface area contributed by atoms with Gasteiger partial charge < -0.3 is 9.90 Å². The molecule has 7 heteroatoms. The van der Waals surface area contributed by atoms with Crippen molar-refractivity contribution in [3.63, 3.8) is 0 Å². The van der Waals surface area contributed by atoms with E-state index < -0.39 is 22.1 Å². The maximum Gasteiger partial charge on any atom is 0.278 e. The first kappa shape index (κ1) is 16.0. The number of nitro groups is 1. The highest BCUT2D eigenvalue weighted by Gasteiger charge is 2.11. The Hall–Kier alpha value is -1.99. The van der Waals surface area contributed by atoms with Crippen LogP contribution in [0.1, 0.15) is 24.2 Å². The number of hydrogen-bond acceptors (Lipinski definition) is 5. The van der Waals surface area contributed by atoms with E-state index in [1.807, 2.05) is 0 Å². The van der Waals surface area contributed by atoms with Crippen molar-refractivity contribution < 1.29 is 19.8 Å². The van der Waals surface area contributed by atoms with Crippen molar-refractivity contribution in [3.05, 3.63) is 39.9 Å². The Balaban J connectivity index is 0.000000411. The Morgan fingerprint density at radius 3 is 2.11 bits per heavy atom. The molecule has 100 valence electrons. The van der Waals surface area contributed by atoms with Gasteiger partial charge in [-0.05, 0) is 19.9 Å². The number of carbonyl (C=O) groups excluding carboxylic acids is 1. The van der Waals surface area contributed by atoms with E-state index in [4.69, 9.17) is 5.84 Å². The fraction of sp³-hybridized carbons (Fsp3) is 0.364. The van der Waals surface area contributed by atoms with Crippen molar-refractivity contribution in [1.29, 1.82) is 0 Å². The van der Waals surface area contributed by atoms with Crippen LogP contribution in [0.5, 0.6) is 0 Å². The van der Waals surface area contributed by atoms with E-state index in [0.29, 0.717) is 0 Å². The van der Waals surface area contributed by atoms with Gasteiger partial charge in [-0.3, -0.25) is 15.1 Å². The molecule has 0 spiro atoms. The van der Waals surface area contributed by atoms with Crippen molar-refractivity contribution in [3.8, 4) is 0 Å². The molecule has 0 radical (unpaired) electrons. The fourth-order valence-corrected chi connectivity index (χ4v) is 1.06. The molecule has 0 aromatic heterocycles. The lowest BCUT2D eigenvalue weighted by Crippen LogP contribution is -3.17. The lowest BCUT2D eigenvalue weighted by Gasteiger charge is -2.03. The maximum atomic E-state index is 10.3.